The van der Waals surface area contributed by atoms with E-state index in [4.69, 9.17) is 4.74 Å². The first-order chi connectivity index (χ1) is 5.57. The highest BCUT2D eigenvalue weighted by Crippen LogP contribution is 2.29. The van der Waals surface area contributed by atoms with E-state index in [0.29, 0.717) is 6.42 Å². The smallest absolute Gasteiger partial charge is 0.155 e. The summed E-state index contributed by atoms with van der Waals surface area (Å²) in [6.45, 7) is 5.70. The fraction of sp³-hybridized carbons (Fsp3) is 1.00. The highest BCUT2D eigenvalue weighted by molar-refractivity contribution is 4.91. The molecule has 0 aromatic carbocycles. The van der Waals surface area contributed by atoms with E-state index < -0.39 is 18.4 Å². The first-order valence-corrected chi connectivity index (χ1v) is 4.55. The average Bonchev–Trinajstić information content (AvgIpc) is 2.30. The molecule has 1 rings (SSSR count). The largest absolute Gasteiger partial charge is 0.387 e. The van der Waals surface area contributed by atoms with Crippen LogP contribution in [0, 0.1) is 5.92 Å². The third kappa shape index (κ3) is 1.62. The molecule has 0 saturated carbocycles. The van der Waals surface area contributed by atoms with Crippen LogP contribution in [0.1, 0.15) is 27.2 Å². The minimum Gasteiger partial charge on any atom is -0.387 e. The second kappa shape index (κ2) is 3.71. The van der Waals surface area contributed by atoms with Crippen molar-refractivity contribution in [3.05, 3.63) is 0 Å². The maximum absolute atomic E-state index is 13.3. The Balaban J connectivity index is 2.60. The molecule has 0 aliphatic carbocycles. The Morgan fingerprint density at radius 3 is 2.33 bits per heavy atom. The lowest BCUT2D eigenvalue weighted by molar-refractivity contribution is -0.00968. The van der Waals surface area contributed by atoms with Gasteiger partial charge >= 0.3 is 0 Å². The summed E-state index contributed by atoms with van der Waals surface area (Å²) in [5, 5.41) is 9.38. The molecule has 1 aliphatic heterocycles. The third-order valence-corrected chi connectivity index (χ3v) is 2.41. The fourth-order valence-corrected chi connectivity index (χ4v) is 1.62. The number of aliphatic hydroxyl groups is 1. The molecular formula is C9H17FO2. The topological polar surface area (TPSA) is 29.5 Å². The summed E-state index contributed by atoms with van der Waals surface area (Å²) in [6, 6.07) is 0. The zero-order valence-electron chi connectivity index (χ0n) is 7.83. The Bertz CT molecular complexity index is 149. The van der Waals surface area contributed by atoms with E-state index in [1.807, 2.05) is 20.8 Å². The summed E-state index contributed by atoms with van der Waals surface area (Å²) in [5.74, 6) is 0.131. The Morgan fingerprint density at radius 1 is 1.50 bits per heavy atom. The van der Waals surface area contributed by atoms with Crippen LogP contribution in [-0.4, -0.2) is 29.6 Å². The SMILES string of the molecule is CC[C@@H]1O[C@H](C(C)C)[C@@H](F)[C@H]1O. The molecule has 1 aliphatic rings. The monoisotopic (exact) mass is 176 g/mol. The Kier molecular flexibility index (Phi) is 3.07. The molecule has 0 aromatic rings. The molecule has 1 N–H and O–H groups in total. The number of alkyl halides is 1. The standard InChI is InChI=1S/C9H17FO2/c1-4-6-8(11)7(10)9(12-6)5(2)3/h5-9,11H,4H2,1-3H3/t6-,7-,8-,9+/m0/s1. The molecular weight excluding hydrogens is 159 g/mol. The van der Waals surface area contributed by atoms with Crippen molar-refractivity contribution in [3.63, 3.8) is 0 Å². The summed E-state index contributed by atoms with van der Waals surface area (Å²) in [7, 11) is 0. The lowest BCUT2D eigenvalue weighted by atomic mass is 10.0. The maximum Gasteiger partial charge on any atom is 0.155 e. The summed E-state index contributed by atoms with van der Waals surface area (Å²) in [4.78, 5) is 0. The molecule has 1 heterocycles. The summed E-state index contributed by atoms with van der Waals surface area (Å²) in [6.07, 6.45) is -2.21. The van der Waals surface area contributed by atoms with Gasteiger partial charge in [0.1, 0.15) is 6.10 Å². The van der Waals surface area contributed by atoms with Gasteiger partial charge in [-0.05, 0) is 12.3 Å². The zero-order chi connectivity index (χ0) is 9.30. The van der Waals surface area contributed by atoms with Crippen LogP contribution in [0.5, 0.6) is 0 Å². The van der Waals surface area contributed by atoms with Gasteiger partial charge < -0.3 is 9.84 Å². The molecule has 1 saturated heterocycles. The van der Waals surface area contributed by atoms with Crippen molar-refractivity contribution in [2.75, 3.05) is 0 Å². The normalized spacial score (nSPS) is 42.5. The van der Waals surface area contributed by atoms with Gasteiger partial charge in [0, 0.05) is 0 Å². The van der Waals surface area contributed by atoms with E-state index in [9.17, 15) is 9.50 Å². The number of rotatable bonds is 2. The molecule has 0 bridgehead atoms. The Labute approximate surface area is 72.7 Å². The minimum atomic E-state index is -1.21. The number of ether oxygens (including phenoxy) is 1. The molecule has 12 heavy (non-hydrogen) atoms. The van der Waals surface area contributed by atoms with E-state index in [0.717, 1.165) is 0 Å². The second-order valence-corrected chi connectivity index (χ2v) is 3.73. The molecule has 0 radical (unpaired) electrons. The van der Waals surface area contributed by atoms with Gasteiger partial charge in [0.15, 0.2) is 6.17 Å². The van der Waals surface area contributed by atoms with Crippen molar-refractivity contribution < 1.29 is 14.2 Å². The number of hydrogen-bond acceptors (Lipinski definition) is 2. The number of hydrogen-bond donors (Lipinski definition) is 1. The van der Waals surface area contributed by atoms with Crippen molar-refractivity contribution >= 4 is 0 Å². The molecule has 72 valence electrons. The van der Waals surface area contributed by atoms with Crippen molar-refractivity contribution in [2.45, 2.75) is 51.7 Å². The van der Waals surface area contributed by atoms with Gasteiger partial charge in [0.05, 0.1) is 12.2 Å². The predicted molar refractivity (Wildman–Crippen MR) is 44.7 cm³/mol. The number of aliphatic hydroxyl groups excluding tert-OH is 1. The quantitative estimate of drug-likeness (QED) is 0.691. The second-order valence-electron chi connectivity index (χ2n) is 3.73. The first-order valence-electron chi connectivity index (χ1n) is 4.55. The Hall–Kier alpha value is -0.150. The van der Waals surface area contributed by atoms with Crippen LogP contribution in [0.4, 0.5) is 4.39 Å². The van der Waals surface area contributed by atoms with Crippen LogP contribution >= 0.6 is 0 Å². The lowest BCUT2D eigenvalue weighted by Gasteiger charge is -2.16. The van der Waals surface area contributed by atoms with Crippen molar-refractivity contribution in [1.82, 2.24) is 0 Å². The van der Waals surface area contributed by atoms with E-state index in [2.05, 4.69) is 0 Å². The van der Waals surface area contributed by atoms with Crippen LogP contribution in [-0.2, 0) is 4.74 Å². The molecule has 1 fully saturated rings. The fourth-order valence-electron chi connectivity index (χ4n) is 1.62. The van der Waals surface area contributed by atoms with Crippen LogP contribution in [0.2, 0.25) is 0 Å². The average molecular weight is 176 g/mol. The van der Waals surface area contributed by atoms with E-state index >= 15 is 0 Å². The van der Waals surface area contributed by atoms with Gasteiger partial charge in [-0.15, -0.1) is 0 Å². The van der Waals surface area contributed by atoms with Crippen molar-refractivity contribution in [1.29, 1.82) is 0 Å². The maximum atomic E-state index is 13.3. The van der Waals surface area contributed by atoms with Crippen molar-refractivity contribution in [2.24, 2.45) is 5.92 Å². The first kappa shape index (κ1) is 9.93. The number of halogens is 1. The van der Waals surface area contributed by atoms with E-state index in [1.54, 1.807) is 0 Å². The molecule has 0 aromatic heterocycles. The van der Waals surface area contributed by atoms with E-state index in [-0.39, 0.29) is 12.0 Å². The van der Waals surface area contributed by atoms with Gasteiger partial charge in [-0.1, -0.05) is 20.8 Å². The summed E-state index contributed by atoms with van der Waals surface area (Å²) in [5.41, 5.74) is 0. The highest BCUT2D eigenvalue weighted by atomic mass is 19.1. The predicted octanol–water partition coefficient (Wildman–Crippen LogP) is 1.52. The minimum absolute atomic E-state index is 0.131. The summed E-state index contributed by atoms with van der Waals surface area (Å²) < 4.78 is 18.7. The van der Waals surface area contributed by atoms with Gasteiger partial charge in [0.25, 0.3) is 0 Å². The Morgan fingerprint density at radius 2 is 2.08 bits per heavy atom. The van der Waals surface area contributed by atoms with Crippen LogP contribution in [0.3, 0.4) is 0 Å². The van der Waals surface area contributed by atoms with Crippen LogP contribution < -0.4 is 0 Å². The van der Waals surface area contributed by atoms with Crippen molar-refractivity contribution in [3.8, 4) is 0 Å². The molecule has 4 atom stereocenters. The molecule has 0 spiro atoms. The van der Waals surface area contributed by atoms with Gasteiger partial charge in [-0.3, -0.25) is 0 Å². The van der Waals surface area contributed by atoms with Gasteiger partial charge in [0.2, 0.25) is 0 Å². The summed E-state index contributed by atoms with van der Waals surface area (Å²) >= 11 is 0. The zero-order valence-corrected chi connectivity index (χ0v) is 7.83. The molecule has 0 unspecified atom stereocenters. The highest BCUT2D eigenvalue weighted by Gasteiger charge is 2.44. The van der Waals surface area contributed by atoms with Crippen LogP contribution in [0.15, 0.2) is 0 Å². The van der Waals surface area contributed by atoms with Gasteiger partial charge in [-0.25, -0.2) is 4.39 Å². The van der Waals surface area contributed by atoms with E-state index in [1.165, 1.54) is 0 Å². The molecule has 0 amide bonds. The molecule has 2 nitrogen and oxygen atoms in total. The van der Waals surface area contributed by atoms with Crippen LogP contribution in [0.25, 0.3) is 0 Å². The molecule has 3 heteroatoms. The lowest BCUT2D eigenvalue weighted by Crippen LogP contribution is -2.30. The van der Waals surface area contributed by atoms with Gasteiger partial charge in [-0.2, -0.15) is 0 Å². The third-order valence-electron chi connectivity index (χ3n) is 2.41.